The van der Waals surface area contributed by atoms with E-state index in [0.717, 1.165) is 40.0 Å². The zero-order chi connectivity index (χ0) is 23.9. The molecule has 4 heteroatoms. The summed E-state index contributed by atoms with van der Waals surface area (Å²) in [6, 6.07) is 28.5. The van der Waals surface area contributed by atoms with E-state index in [0.29, 0.717) is 22.9 Å². The second kappa shape index (κ2) is 11.0. The standard InChI is InChI=1S/C30H26ClO3/c1-3-7-26(22-12-16-25(33-2)17-13-22)30-28(34-20-21-8-5-4-6-9-21)19-18-27(32)29(30)23-10-14-24(31)15-11-23/h4-19H,3,20H2,1-2H3. The predicted molar refractivity (Wildman–Crippen MR) is 138 cm³/mol. The molecule has 0 aromatic heterocycles. The monoisotopic (exact) mass is 469 g/mol. The largest absolute Gasteiger partial charge is 0.497 e. The van der Waals surface area contributed by atoms with Gasteiger partial charge in [-0.2, -0.15) is 0 Å². The van der Waals surface area contributed by atoms with Crippen LogP contribution in [0.5, 0.6) is 17.2 Å². The molecule has 4 aromatic carbocycles. The van der Waals surface area contributed by atoms with Crippen LogP contribution in [0.2, 0.25) is 5.02 Å². The summed E-state index contributed by atoms with van der Waals surface area (Å²) in [7, 11) is 1.65. The van der Waals surface area contributed by atoms with Crippen molar-refractivity contribution >= 4 is 17.2 Å². The molecule has 171 valence electrons. The van der Waals surface area contributed by atoms with E-state index in [1.54, 1.807) is 31.4 Å². The van der Waals surface area contributed by atoms with E-state index in [2.05, 4.69) is 13.0 Å². The Balaban J connectivity index is 1.90. The van der Waals surface area contributed by atoms with Gasteiger partial charge < -0.3 is 9.47 Å². The summed E-state index contributed by atoms with van der Waals surface area (Å²) in [6.45, 7) is 2.48. The molecule has 0 bridgehead atoms. The van der Waals surface area contributed by atoms with E-state index in [4.69, 9.17) is 21.1 Å². The first kappa shape index (κ1) is 23.5. The van der Waals surface area contributed by atoms with Crippen LogP contribution in [0.15, 0.2) is 97.1 Å². The Morgan fingerprint density at radius 2 is 1.59 bits per heavy atom. The van der Waals surface area contributed by atoms with E-state index in [1.807, 2.05) is 66.7 Å². The number of hydrogen-bond donors (Lipinski definition) is 0. The van der Waals surface area contributed by atoms with Crippen LogP contribution < -0.4 is 9.47 Å². The maximum absolute atomic E-state index is 13.3. The lowest BCUT2D eigenvalue weighted by Crippen LogP contribution is -2.02. The van der Waals surface area contributed by atoms with Gasteiger partial charge in [0.1, 0.15) is 18.1 Å². The Morgan fingerprint density at radius 1 is 0.882 bits per heavy atom. The molecule has 0 aliphatic rings. The molecule has 0 spiro atoms. The minimum absolute atomic E-state index is 0.0695. The van der Waals surface area contributed by atoms with Crippen molar-refractivity contribution in [1.29, 1.82) is 0 Å². The Hall–Kier alpha value is -3.69. The number of hydrogen-bond acceptors (Lipinski definition) is 2. The zero-order valence-electron chi connectivity index (χ0n) is 19.3. The summed E-state index contributed by atoms with van der Waals surface area (Å²) < 4.78 is 11.7. The molecule has 0 unspecified atom stereocenters. The fourth-order valence-electron chi connectivity index (χ4n) is 3.93. The highest BCUT2D eigenvalue weighted by Gasteiger charge is 2.22. The Kier molecular flexibility index (Phi) is 7.56. The molecule has 4 rings (SSSR count). The highest BCUT2D eigenvalue weighted by Crippen LogP contribution is 2.45. The average molecular weight is 470 g/mol. The van der Waals surface area contributed by atoms with Gasteiger partial charge in [0.15, 0.2) is 5.75 Å². The number of halogens is 1. The topological polar surface area (TPSA) is 38.4 Å². The van der Waals surface area contributed by atoms with Crippen LogP contribution in [0.4, 0.5) is 0 Å². The number of benzene rings is 4. The maximum atomic E-state index is 13.3. The van der Waals surface area contributed by atoms with Gasteiger partial charge in [0, 0.05) is 16.1 Å². The maximum Gasteiger partial charge on any atom is 0.187 e. The van der Waals surface area contributed by atoms with Gasteiger partial charge >= 0.3 is 0 Å². The summed E-state index contributed by atoms with van der Waals surface area (Å²) in [6.07, 6.45) is 2.92. The highest BCUT2D eigenvalue weighted by atomic mass is 35.5. The molecule has 0 fully saturated rings. The smallest absolute Gasteiger partial charge is 0.187 e. The molecule has 0 heterocycles. The zero-order valence-corrected chi connectivity index (χ0v) is 20.0. The third kappa shape index (κ3) is 5.27. The molecule has 0 N–H and O–H groups in total. The van der Waals surface area contributed by atoms with Crippen molar-refractivity contribution in [2.75, 3.05) is 7.11 Å². The summed E-state index contributed by atoms with van der Waals surface area (Å²) >= 11 is 6.14. The number of ether oxygens (including phenoxy) is 2. The van der Waals surface area contributed by atoms with Crippen molar-refractivity contribution in [2.24, 2.45) is 0 Å². The molecule has 34 heavy (non-hydrogen) atoms. The molecule has 0 aliphatic carbocycles. The van der Waals surface area contributed by atoms with E-state index in [1.165, 1.54) is 0 Å². The number of rotatable bonds is 8. The van der Waals surface area contributed by atoms with Gasteiger partial charge in [0.25, 0.3) is 0 Å². The first-order valence-corrected chi connectivity index (χ1v) is 11.6. The molecule has 0 saturated heterocycles. The summed E-state index contributed by atoms with van der Waals surface area (Å²) in [5, 5.41) is 13.9. The quantitative estimate of drug-likeness (QED) is 0.259. The van der Waals surface area contributed by atoms with E-state index in [9.17, 15) is 5.11 Å². The van der Waals surface area contributed by atoms with Crippen LogP contribution in [0.3, 0.4) is 0 Å². The van der Waals surface area contributed by atoms with E-state index < -0.39 is 0 Å². The summed E-state index contributed by atoms with van der Waals surface area (Å²) in [5.41, 5.74) is 5.14. The molecule has 0 aliphatic heterocycles. The van der Waals surface area contributed by atoms with Crippen molar-refractivity contribution in [2.45, 2.75) is 20.0 Å². The molecule has 0 amide bonds. The lowest BCUT2D eigenvalue weighted by molar-refractivity contribution is 0.303. The molecular formula is C30H26ClO3. The molecule has 0 saturated carbocycles. The normalized spacial score (nSPS) is 11.3. The summed E-state index contributed by atoms with van der Waals surface area (Å²) in [4.78, 5) is 0. The second-order valence-corrected chi connectivity index (χ2v) is 8.28. The Bertz CT molecular complexity index is 1260. The van der Waals surface area contributed by atoms with E-state index >= 15 is 0 Å². The van der Waals surface area contributed by atoms with Crippen LogP contribution in [-0.2, 0) is 11.7 Å². The first-order valence-electron chi connectivity index (χ1n) is 11.2. The van der Waals surface area contributed by atoms with Crippen LogP contribution in [0, 0.1) is 0 Å². The number of allylic oxidation sites excluding steroid dienone is 1. The van der Waals surface area contributed by atoms with Gasteiger partial charge in [-0.25, -0.2) is 0 Å². The van der Waals surface area contributed by atoms with Gasteiger partial charge in [0.05, 0.1) is 7.11 Å². The van der Waals surface area contributed by atoms with Gasteiger partial charge in [-0.05, 0) is 65.1 Å². The predicted octanol–water partition coefficient (Wildman–Crippen LogP) is 8.58. The van der Waals surface area contributed by atoms with Crippen molar-refractivity contribution in [3.8, 4) is 28.4 Å². The SMILES string of the molecule is CCC=C(c1ccc(OC)cc1)c1c(OCc2ccccc2)ccc([O])c1-c1ccc(Cl)cc1. The van der Waals surface area contributed by atoms with Crippen molar-refractivity contribution in [3.63, 3.8) is 0 Å². The van der Waals surface area contributed by atoms with E-state index in [-0.39, 0.29) is 5.75 Å². The third-order valence-corrected chi connectivity index (χ3v) is 5.83. The van der Waals surface area contributed by atoms with Crippen molar-refractivity contribution < 1.29 is 14.6 Å². The molecule has 0 atom stereocenters. The molecule has 3 nitrogen and oxygen atoms in total. The van der Waals surface area contributed by atoms with Gasteiger partial charge in [0.2, 0.25) is 0 Å². The van der Waals surface area contributed by atoms with Gasteiger partial charge in [-0.3, -0.25) is 5.11 Å². The van der Waals surface area contributed by atoms with Crippen LogP contribution in [0.1, 0.15) is 30.0 Å². The third-order valence-electron chi connectivity index (χ3n) is 5.58. The molecular weight excluding hydrogens is 444 g/mol. The Morgan fingerprint density at radius 3 is 2.24 bits per heavy atom. The fraction of sp³-hybridized carbons (Fsp3) is 0.133. The van der Waals surface area contributed by atoms with Crippen LogP contribution in [-0.4, -0.2) is 7.11 Å². The molecule has 4 aromatic rings. The van der Waals surface area contributed by atoms with Crippen LogP contribution in [0.25, 0.3) is 16.7 Å². The van der Waals surface area contributed by atoms with Crippen molar-refractivity contribution in [3.05, 3.63) is 119 Å². The average Bonchev–Trinajstić information content (AvgIpc) is 2.88. The Labute approximate surface area is 205 Å². The molecule has 1 radical (unpaired) electrons. The summed E-state index contributed by atoms with van der Waals surface area (Å²) in [5.74, 6) is 1.36. The van der Waals surface area contributed by atoms with Crippen LogP contribution >= 0.6 is 11.6 Å². The lowest BCUT2D eigenvalue weighted by Gasteiger charge is -2.20. The number of methoxy groups -OCH3 is 1. The highest BCUT2D eigenvalue weighted by molar-refractivity contribution is 6.30. The lowest BCUT2D eigenvalue weighted by atomic mass is 9.88. The van der Waals surface area contributed by atoms with Gasteiger partial charge in [-0.1, -0.05) is 79.2 Å². The fourth-order valence-corrected chi connectivity index (χ4v) is 4.06. The minimum atomic E-state index is -0.0695. The first-order chi connectivity index (χ1) is 16.6. The minimum Gasteiger partial charge on any atom is -0.497 e. The van der Waals surface area contributed by atoms with Crippen molar-refractivity contribution in [1.82, 2.24) is 0 Å². The second-order valence-electron chi connectivity index (χ2n) is 7.85. The van der Waals surface area contributed by atoms with Gasteiger partial charge in [-0.15, -0.1) is 0 Å².